The normalized spacial score (nSPS) is 25.2. The van der Waals surface area contributed by atoms with Gasteiger partial charge in [0.15, 0.2) is 0 Å². The molecular weight excluding hydrogens is 220 g/mol. The topological polar surface area (TPSA) is 29.3 Å². The molecule has 2 nitrogen and oxygen atoms in total. The van der Waals surface area contributed by atoms with Crippen molar-refractivity contribution in [3.63, 3.8) is 0 Å². The highest BCUT2D eigenvalue weighted by Crippen LogP contribution is 2.22. The fourth-order valence-corrected chi connectivity index (χ4v) is 3.13. The third-order valence-corrected chi connectivity index (χ3v) is 4.21. The summed E-state index contributed by atoms with van der Waals surface area (Å²) in [4.78, 5) is 2.68. The Bertz CT molecular complexity index is 365. The molecule has 2 rings (SSSR count). The molecule has 1 aromatic carbocycles. The van der Waals surface area contributed by atoms with Crippen LogP contribution in [0.2, 0.25) is 0 Å². The zero-order valence-corrected chi connectivity index (χ0v) is 11.7. The number of hydrogen-bond donors (Lipinski definition) is 1. The van der Waals surface area contributed by atoms with E-state index in [0.29, 0.717) is 0 Å². The molecule has 18 heavy (non-hydrogen) atoms. The van der Waals surface area contributed by atoms with E-state index in [1.807, 2.05) is 6.07 Å². The van der Waals surface area contributed by atoms with Crippen molar-refractivity contribution in [2.75, 3.05) is 12.3 Å². The number of benzene rings is 1. The van der Waals surface area contributed by atoms with Gasteiger partial charge >= 0.3 is 0 Å². The van der Waals surface area contributed by atoms with Gasteiger partial charge in [-0.25, -0.2) is 0 Å². The van der Waals surface area contributed by atoms with Gasteiger partial charge < -0.3 is 5.73 Å². The van der Waals surface area contributed by atoms with Crippen molar-refractivity contribution >= 4 is 5.69 Å². The minimum atomic E-state index is 0.759. The standard InChI is InChI=1S/C16H26N2/c1-13-6-3-7-14(2)18(13)11-5-9-15-8-4-10-16(17)12-15/h4,8,10,12-14H,3,5-7,9,11,17H2,1-2H3/t13-,14+. The number of piperidine rings is 1. The predicted molar refractivity (Wildman–Crippen MR) is 78.7 cm³/mol. The van der Waals surface area contributed by atoms with Crippen LogP contribution in [0.4, 0.5) is 5.69 Å². The van der Waals surface area contributed by atoms with Crippen LogP contribution in [0.5, 0.6) is 0 Å². The first-order chi connectivity index (χ1) is 8.66. The molecule has 1 aliphatic heterocycles. The number of nitrogen functional groups attached to an aromatic ring is 1. The zero-order chi connectivity index (χ0) is 13.0. The van der Waals surface area contributed by atoms with Crippen LogP contribution < -0.4 is 5.73 Å². The van der Waals surface area contributed by atoms with Crippen LogP contribution in [0.15, 0.2) is 24.3 Å². The van der Waals surface area contributed by atoms with Gasteiger partial charge in [-0.05, 0) is 63.8 Å². The first-order valence-corrected chi connectivity index (χ1v) is 7.27. The van der Waals surface area contributed by atoms with Gasteiger partial charge in [-0.2, -0.15) is 0 Å². The van der Waals surface area contributed by atoms with Gasteiger partial charge in [0.25, 0.3) is 0 Å². The zero-order valence-electron chi connectivity index (χ0n) is 11.7. The summed E-state index contributed by atoms with van der Waals surface area (Å²) in [7, 11) is 0. The van der Waals surface area contributed by atoms with Crippen molar-refractivity contribution in [1.29, 1.82) is 0 Å². The van der Waals surface area contributed by atoms with Gasteiger partial charge in [-0.1, -0.05) is 18.6 Å². The number of aryl methyl sites for hydroxylation is 1. The number of nitrogens with zero attached hydrogens (tertiary/aromatic N) is 1. The lowest BCUT2D eigenvalue weighted by Gasteiger charge is -2.39. The molecule has 0 radical (unpaired) electrons. The Balaban J connectivity index is 1.81. The van der Waals surface area contributed by atoms with E-state index in [1.54, 1.807) is 0 Å². The largest absolute Gasteiger partial charge is 0.399 e. The lowest BCUT2D eigenvalue weighted by atomic mass is 9.97. The average Bonchev–Trinajstić information content (AvgIpc) is 2.33. The Morgan fingerprint density at radius 2 is 1.94 bits per heavy atom. The van der Waals surface area contributed by atoms with Gasteiger partial charge in [0.05, 0.1) is 0 Å². The summed E-state index contributed by atoms with van der Waals surface area (Å²) < 4.78 is 0. The molecule has 0 aliphatic carbocycles. The van der Waals surface area contributed by atoms with Crippen molar-refractivity contribution in [2.45, 2.75) is 58.0 Å². The van der Waals surface area contributed by atoms with Crippen molar-refractivity contribution < 1.29 is 0 Å². The molecule has 1 saturated heterocycles. The van der Waals surface area contributed by atoms with Gasteiger partial charge in [0, 0.05) is 17.8 Å². The number of anilines is 1. The van der Waals surface area contributed by atoms with E-state index in [4.69, 9.17) is 5.73 Å². The second-order valence-electron chi connectivity index (χ2n) is 5.72. The van der Waals surface area contributed by atoms with Crippen molar-refractivity contribution in [2.24, 2.45) is 0 Å². The number of rotatable bonds is 4. The summed E-state index contributed by atoms with van der Waals surface area (Å²) in [5.41, 5.74) is 8.06. The summed E-state index contributed by atoms with van der Waals surface area (Å²) in [6.45, 7) is 5.96. The summed E-state index contributed by atoms with van der Waals surface area (Å²) in [6.07, 6.45) is 6.50. The quantitative estimate of drug-likeness (QED) is 0.824. The van der Waals surface area contributed by atoms with E-state index >= 15 is 0 Å². The van der Waals surface area contributed by atoms with E-state index in [0.717, 1.165) is 24.2 Å². The lowest BCUT2D eigenvalue weighted by molar-refractivity contribution is 0.102. The van der Waals surface area contributed by atoms with Crippen LogP contribution in [0.25, 0.3) is 0 Å². The Kier molecular flexibility index (Phi) is 4.65. The summed E-state index contributed by atoms with van der Waals surface area (Å²) in [5.74, 6) is 0. The van der Waals surface area contributed by atoms with E-state index in [1.165, 1.54) is 37.8 Å². The molecule has 0 amide bonds. The Hall–Kier alpha value is -1.02. The summed E-state index contributed by atoms with van der Waals surface area (Å²) in [6, 6.07) is 9.81. The van der Waals surface area contributed by atoms with E-state index in [2.05, 4.69) is 36.9 Å². The smallest absolute Gasteiger partial charge is 0.0316 e. The molecule has 0 unspecified atom stereocenters. The fraction of sp³-hybridized carbons (Fsp3) is 0.625. The summed E-state index contributed by atoms with van der Waals surface area (Å²) >= 11 is 0. The van der Waals surface area contributed by atoms with Crippen molar-refractivity contribution in [1.82, 2.24) is 4.90 Å². The van der Waals surface area contributed by atoms with Crippen LogP contribution in [0.1, 0.15) is 45.1 Å². The number of nitrogens with two attached hydrogens (primary N) is 1. The minimum Gasteiger partial charge on any atom is -0.399 e. The Morgan fingerprint density at radius 1 is 1.22 bits per heavy atom. The van der Waals surface area contributed by atoms with Gasteiger partial charge in [0.1, 0.15) is 0 Å². The van der Waals surface area contributed by atoms with Crippen molar-refractivity contribution in [3.8, 4) is 0 Å². The second kappa shape index (κ2) is 6.24. The third-order valence-electron chi connectivity index (χ3n) is 4.21. The molecule has 2 N–H and O–H groups in total. The molecule has 2 atom stereocenters. The molecule has 0 saturated carbocycles. The van der Waals surface area contributed by atoms with Crippen LogP contribution in [0.3, 0.4) is 0 Å². The first-order valence-electron chi connectivity index (χ1n) is 7.27. The van der Waals surface area contributed by atoms with E-state index < -0.39 is 0 Å². The van der Waals surface area contributed by atoms with E-state index in [-0.39, 0.29) is 0 Å². The van der Waals surface area contributed by atoms with Gasteiger partial charge in [-0.3, -0.25) is 4.90 Å². The SMILES string of the molecule is C[C@@H]1CCC[C@H](C)N1CCCc1cccc(N)c1. The van der Waals surface area contributed by atoms with Crippen LogP contribution in [0, 0.1) is 0 Å². The Morgan fingerprint density at radius 3 is 2.61 bits per heavy atom. The molecule has 0 aromatic heterocycles. The maximum Gasteiger partial charge on any atom is 0.0316 e. The van der Waals surface area contributed by atoms with E-state index in [9.17, 15) is 0 Å². The minimum absolute atomic E-state index is 0.759. The third kappa shape index (κ3) is 3.49. The predicted octanol–water partition coefficient (Wildman–Crippen LogP) is 3.46. The molecule has 1 fully saturated rings. The monoisotopic (exact) mass is 246 g/mol. The average molecular weight is 246 g/mol. The van der Waals surface area contributed by atoms with Gasteiger partial charge in [0.2, 0.25) is 0 Å². The molecular formula is C16H26N2. The highest BCUT2D eigenvalue weighted by molar-refractivity contribution is 5.40. The van der Waals surface area contributed by atoms with Crippen LogP contribution in [-0.2, 0) is 6.42 Å². The molecule has 1 aromatic rings. The fourth-order valence-electron chi connectivity index (χ4n) is 3.13. The van der Waals surface area contributed by atoms with Crippen LogP contribution in [-0.4, -0.2) is 23.5 Å². The maximum absolute atomic E-state index is 5.81. The highest BCUT2D eigenvalue weighted by atomic mass is 15.2. The van der Waals surface area contributed by atoms with Crippen LogP contribution >= 0.6 is 0 Å². The lowest BCUT2D eigenvalue weighted by Crippen LogP contribution is -2.44. The first kappa shape index (κ1) is 13.4. The highest BCUT2D eigenvalue weighted by Gasteiger charge is 2.23. The molecule has 0 bridgehead atoms. The van der Waals surface area contributed by atoms with Crippen molar-refractivity contribution in [3.05, 3.63) is 29.8 Å². The Labute approximate surface area is 111 Å². The molecule has 0 spiro atoms. The number of likely N-dealkylation sites (tertiary alicyclic amines) is 1. The van der Waals surface area contributed by atoms with Gasteiger partial charge in [-0.15, -0.1) is 0 Å². The molecule has 100 valence electrons. The molecule has 1 aliphatic rings. The maximum atomic E-state index is 5.81. The summed E-state index contributed by atoms with van der Waals surface area (Å²) in [5, 5.41) is 0. The number of hydrogen-bond acceptors (Lipinski definition) is 2. The molecule has 1 heterocycles. The second-order valence-corrected chi connectivity index (χ2v) is 5.72. The molecule has 2 heteroatoms.